The van der Waals surface area contributed by atoms with E-state index < -0.39 is 22.0 Å². The van der Waals surface area contributed by atoms with Gasteiger partial charge in [-0.3, -0.25) is 0 Å². The molecule has 2 aromatic carbocycles. The number of sulfonamides is 1. The largest absolute Gasteiger partial charge is 0.467 e. The molecule has 1 N–H and O–H groups in total. The van der Waals surface area contributed by atoms with Crippen molar-refractivity contribution < 1.29 is 17.9 Å². The Bertz CT molecular complexity index is 1640. The lowest BCUT2D eigenvalue weighted by Gasteiger charge is -2.15. The summed E-state index contributed by atoms with van der Waals surface area (Å²) in [6.07, 6.45) is 3.79. The smallest absolute Gasteiger partial charge is 0.331 e. The van der Waals surface area contributed by atoms with Gasteiger partial charge in [-0.05, 0) is 29.3 Å². The Labute approximate surface area is 218 Å². The van der Waals surface area contributed by atoms with Crippen LogP contribution in [0.1, 0.15) is 17.3 Å². The number of rotatable bonds is 9. The molecule has 0 spiro atoms. The monoisotopic (exact) mass is 535 g/mol. The highest BCUT2D eigenvalue weighted by atomic mass is 32.2. The Balaban J connectivity index is 1.34. The molecule has 0 amide bonds. The van der Waals surface area contributed by atoms with Crippen LogP contribution in [0.3, 0.4) is 0 Å². The van der Waals surface area contributed by atoms with Crippen molar-refractivity contribution in [3.8, 4) is 10.4 Å². The van der Waals surface area contributed by atoms with Crippen LogP contribution in [-0.2, 0) is 32.5 Å². The van der Waals surface area contributed by atoms with E-state index in [-0.39, 0.29) is 10.8 Å². The van der Waals surface area contributed by atoms with Crippen molar-refractivity contribution in [2.24, 2.45) is 0 Å². The number of nitrogens with zero attached hydrogens (tertiary/aromatic N) is 4. The number of fused-ring (bicyclic) bond motifs is 1. The second-order valence-corrected chi connectivity index (χ2v) is 11.9. The van der Waals surface area contributed by atoms with E-state index in [4.69, 9.17) is 4.74 Å². The summed E-state index contributed by atoms with van der Waals surface area (Å²) < 4.78 is 34.4. The van der Waals surface area contributed by atoms with Gasteiger partial charge in [0.05, 0.1) is 25.5 Å². The van der Waals surface area contributed by atoms with Crippen LogP contribution >= 0.6 is 11.3 Å². The number of hydrogen-bond acceptors (Lipinski definition) is 7. The average molecular weight is 536 g/mol. The molecule has 0 aliphatic rings. The van der Waals surface area contributed by atoms with Gasteiger partial charge in [0, 0.05) is 35.4 Å². The number of carbonyl (C=O) groups is 1. The molecule has 0 saturated carbocycles. The van der Waals surface area contributed by atoms with Crippen LogP contribution < -0.4 is 0 Å². The zero-order valence-corrected chi connectivity index (χ0v) is 21.9. The van der Waals surface area contributed by atoms with Crippen molar-refractivity contribution in [1.29, 1.82) is 0 Å². The average Bonchev–Trinajstić information content (AvgIpc) is 3.68. The van der Waals surface area contributed by atoms with Crippen LogP contribution in [0.25, 0.3) is 21.3 Å². The van der Waals surface area contributed by atoms with E-state index in [1.54, 1.807) is 12.3 Å². The predicted molar refractivity (Wildman–Crippen MR) is 141 cm³/mol. The molecule has 11 heteroatoms. The van der Waals surface area contributed by atoms with Gasteiger partial charge >= 0.3 is 5.97 Å². The van der Waals surface area contributed by atoms with Gasteiger partial charge in [0.15, 0.2) is 6.04 Å². The summed E-state index contributed by atoms with van der Waals surface area (Å²) in [6.45, 7) is 0.00187. The standard InChI is InChI=1S/C26H25N5O4S2/c1-30(37(33,34)25-13-12-24(36-25)18-8-4-3-5-9-18)16-20-17-31(29-28-20)23(26(32)35-2)14-19-15-27-22-11-7-6-10-21(19)22/h3-13,15,17,23,27H,14,16H2,1-2H3. The fourth-order valence-corrected chi connectivity index (χ4v) is 6.82. The van der Waals surface area contributed by atoms with E-state index >= 15 is 0 Å². The molecule has 3 aromatic heterocycles. The van der Waals surface area contributed by atoms with Crippen LogP contribution in [-0.4, -0.2) is 52.8 Å². The summed E-state index contributed by atoms with van der Waals surface area (Å²) in [6, 6.07) is 20.1. The number of benzene rings is 2. The number of methoxy groups -OCH3 is 1. The molecule has 0 bridgehead atoms. The number of aromatic amines is 1. The highest BCUT2D eigenvalue weighted by Crippen LogP contribution is 2.32. The number of carbonyl (C=O) groups excluding carboxylic acids is 1. The number of H-pyrrole nitrogens is 1. The molecule has 1 unspecified atom stereocenters. The van der Waals surface area contributed by atoms with Gasteiger partial charge in [-0.25, -0.2) is 17.9 Å². The van der Waals surface area contributed by atoms with Crippen molar-refractivity contribution in [1.82, 2.24) is 24.3 Å². The quantitative estimate of drug-likeness (QED) is 0.282. The summed E-state index contributed by atoms with van der Waals surface area (Å²) in [5.74, 6) is -0.463. The molecule has 9 nitrogen and oxygen atoms in total. The van der Waals surface area contributed by atoms with Gasteiger partial charge in [0.1, 0.15) is 4.21 Å². The summed E-state index contributed by atoms with van der Waals surface area (Å²) in [5, 5.41) is 9.28. The third-order valence-corrected chi connectivity index (χ3v) is 9.53. The Hall–Kier alpha value is -3.80. The first-order chi connectivity index (χ1) is 17.9. The number of para-hydroxylation sites is 1. The lowest BCUT2D eigenvalue weighted by atomic mass is 10.1. The highest BCUT2D eigenvalue weighted by Gasteiger charge is 2.27. The van der Waals surface area contributed by atoms with Crippen molar-refractivity contribution in [2.75, 3.05) is 14.2 Å². The molecule has 5 aromatic rings. The number of nitrogens with one attached hydrogen (secondary N) is 1. The fraction of sp³-hybridized carbons (Fsp3) is 0.192. The van der Waals surface area contributed by atoms with E-state index in [1.807, 2.05) is 66.9 Å². The Morgan fingerprint density at radius 1 is 1.11 bits per heavy atom. The summed E-state index contributed by atoms with van der Waals surface area (Å²) in [5.41, 5.74) is 3.29. The maximum absolute atomic E-state index is 13.2. The summed E-state index contributed by atoms with van der Waals surface area (Å²) in [7, 11) is -0.916. The van der Waals surface area contributed by atoms with Gasteiger partial charge in [-0.1, -0.05) is 53.7 Å². The minimum absolute atomic E-state index is 0.00187. The molecule has 37 heavy (non-hydrogen) atoms. The zero-order chi connectivity index (χ0) is 26.0. The lowest BCUT2D eigenvalue weighted by Crippen LogP contribution is -2.26. The lowest BCUT2D eigenvalue weighted by molar-refractivity contribution is -0.144. The summed E-state index contributed by atoms with van der Waals surface area (Å²) >= 11 is 1.22. The van der Waals surface area contributed by atoms with Crippen LogP contribution in [0.5, 0.6) is 0 Å². The number of ether oxygens (including phenoxy) is 1. The van der Waals surface area contributed by atoms with Gasteiger partial charge in [0.25, 0.3) is 10.0 Å². The number of thiophene rings is 1. The van der Waals surface area contributed by atoms with Gasteiger partial charge in [-0.2, -0.15) is 4.31 Å². The molecule has 0 aliphatic heterocycles. The van der Waals surface area contributed by atoms with E-state index in [0.717, 1.165) is 26.9 Å². The van der Waals surface area contributed by atoms with Crippen LogP contribution in [0, 0.1) is 0 Å². The molecular weight excluding hydrogens is 510 g/mol. The Morgan fingerprint density at radius 2 is 1.86 bits per heavy atom. The van der Waals surface area contributed by atoms with Crippen LogP contribution in [0.4, 0.5) is 0 Å². The first kappa shape index (κ1) is 24.9. The second-order valence-electron chi connectivity index (χ2n) is 8.54. The minimum Gasteiger partial charge on any atom is -0.467 e. The Kier molecular flexibility index (Phi) is 6.92. The van der Waals surface area contributed by atoms with Gasteiger partial charge < -0.3 is 9.72 Å². The van der Waals surface area contributed by atoms with Crippen molar-refractivity contribution in [3.05, 3.63) is 90.4 Å². The van der Waals surface area contributed by atoms with Gasteiger partial charge in [0.2, 0.25) is 0 Å². The minimum atomic E-state index is -3.74. The molecule has 1 atom stereocenters. The van der Waals surface area contributed by atoms with Crippen LogP contribution in [0.2, 0.25) is 0 Å². The van der Waals surface area contributed by atoms with E-state index in [1.165, 1.54) is 34.5 Å². The molecule has 0 fully saturated rings. The number of aromatic nitrogens is 4. The van der Waals surface area contributed by atoms with E-state index in [2.05, 4.69) is 15.3 Å². The summed E-state index contributed by atoms with van der Waals surface area (Å²) in [4.78, 5) is 16.7. The molecule has 5 rings (SSSR count). The maximum atomic E-state index is 13.2. The maximum Gasteiger partial charge on any atom is 0.331 e. The van der Waals surface area contributed by atoms with Crippen molar-refractivity contribution >= 4 is 38.2 Å². The van der Waals surface area contributed by atoms with Gasteiger partial charge in [-0.15, -0.1) is 16.4 Å². The predicted octanol–water partition coefficient (Wildman–Crippen LogP) is 4.27. The fourth-order valence-electron chi connectivity index (χ4n) is 4.15. The third-order valence-electron chi connectivity index (χ3n) is 6.13. The number of esters is 1. The molecule has 0 aliphatic carbocycles. The van der Waals surface area contributed by atoms with E-state index in [0.29, 0.717) is 12.1 Å². The van der Waals surface area contributed by atoms with Crippen LogP contribution in [0.15, 0.2) is 83.3 Å². The van der Waals surface area contributed by atoms with E-state index in [9.17, 15) is 13.2 Å². The Morgan fingerprint density at radius 3 is 2.65 bits per heavy atom. The first-order valence-corrected chi connectivity index (χ1v) is 13.8. The molecular formula is C26H25N5O4S2. The molecule has 0 radical (unpaired) electrons. The first-order valence-electron chi connectivity index (χ1n) is 11.5. The second kappa shape index (κ2) is 10.3. The SMILES string of the molecule is COC(=O)C(Cc1c[nH]c2ccccc12)n1cc(CN(C)S(=O)(=O)c2ccc(-c3ccccc3)s2)nn1. The molecule has 190 valence electrons. The zero-order valence-electron chi connectivity index (χ0n) is 20.2. The molecule has 0 saturated heterocycles. The topological polar surface area (TPSA) is 110 Å². The molecule has 3 heterocycles. The van der Waals surface area contributed by atoms with Crippen molar-refractivity contribution in [3.63, 3.8) is 0 Å². The normalized spacial score (nSPS) is 12.7. The highest BCUT2D eigenvalue weighted by molar-refractivity contribution is 7.91. The van der Waals surface area contributed by atoms with Crippen molar-refractivity contribution in [2.45, 2.75) is 23.2 Å². The third kappa shape index (κ3) is 5.06. The number of hydrogen-bond donors (Lipinski definition) is 1.